The van der Waals surface area contributed by atoms with Gasteiger partial charge in [-0.3, -0.25) is 19.4 Å². The topological polar surface area (TPSA) is 76.2 Å². The molecule has 32 heavy (non-hydrogen) atoms. The number of carbonyl (C=O) groups is 3. The molecule has 7 nitrogen and oxygen atoms in total. The van der Waals surface area contributed by atoms with Crippen molar-refractivity contribution in [3.05, 3.63) is 65.2 Å². The fraction of sp³-hybridized carbons (Fsp3) is 0.320. The molecule has 7 heteroatoms. The van der Waals surface area contributed by atoms with E-state index in [1.54, 1.807) is 25.3 Å². The van der Waals surface area contributed by atoms with Crippen LogP contribution in [0.15, 0.2) is 54.1 Å². The lowest BCUT2D eigenvalue weighted by Crippen LogP contribution is -2.56. The van der Waals surface area contributed by atoms with E-state index in [0.717, 1.165) is 21.8 Å². The van der Waals surface area contributed by atoms with Gasteiger partial charge in [0.15, 0.2) is 0 Å². The summed E-state index contributed by atoms with van der Waals surface area (Å²) >= 11 is 0. The van der Waals surface area contributed by atoms with Crippen LogP contribution in [0.1, 0.15) is 30.9 Å². The van der Waals surface area contributed by atoms with Crippen LogP contribution in [0.4, 0.5) is 4.79 Å². The molecule has 0 saturated carbocycles. The molecule has 0 unspecified atom stereocenters. The van der Waals surface area contributed by atoms with Gasteiger partial charge in [-0.25, -0.2) is 4.79 Å². The van der Waals surface area contributed by atoms with Crippen molar-refractivity contribution < 1.29 is 23.9 Å². The average Bonchev–Trinajstić information content (AvgIpc) is 2.82. The molecule has 1 heterocycles. The van der Waals surface area contributed by atoms with Gasteiger partial charge in [0, 0.05) is 24.7 Å². The summed E-state index contributed by atoms with van der Waals surface area (Å²) in [5.41, 5.74) is 1.50. The largest absolute Gasteiger partial charge is 0.497 e. The lowest BCUT2D eigenvalue weighted by Gasteiger charge is -2.34. The highest BCUT2D eigenvalue weighted by Crippen LogP contribution is 2.29. The second-order valence-corrected chi connectivity index (χ2v) is 7.45. The van der Waals surface area contributed by atoms with E-state index in [0.29, 0.717) is 29.9 Å². The Kier molecular flexibility index (Phi) is 7.65. The van der Waals surface area contributed by atoms with Crippen molar-refractivity contribution >= 4 is 23.9 Å². The molecule has 0 bridgehead atoms. The fourth-order valence-electron chi connectivity index (χ4n) is 3.51. The molecule has 3 rings (SSSR count). The molecule has 0 N–H and O–H groups in total. The average molecular weight is 437 g/mol. The molecule has 0 aliphatic carbocycles. The zero-order valence-electron chi connectivity index (χ0n) is 18.7. The lowest BCUT2D eigenvalue weighted by molar-refractivity contribution is -0.135. The number of benzene rings is 2. The Balaban J connectivity index is 1.96. The first kappa shape index (κ1) is 23.1. The van der Waals surface area contributed by atoms with Gasteiger partial charge in [0.2, 0.25) is 0 Å². The summed E-state index contributed by atoms with van der Waals surface area (Å²) in [7, 11) is 3.05. The van der Waals surface area contributed by atoms with Gasteiger partial charge in [0.1, 0.15) is 17.1 Å². The maximum absolute atomic E-state index is 13.2. The Bertz CT molecular complexity index is 1020. The smallest absolute Gasteiger partial charge is 0.333 e. The number of barbiturate groups is 1. The summed E-state index contributed by atoms with van der Waals surface area (Å²) in [6.45, 7) is 2.44. The number of imide groups is 2. The van der Waals surface area contributed by atoms with Crippen molar-refractivity contribution in [2.75, 3.05) is 27.3 Å². The van der Waals surface area contributed by atoms with Crippen LogP contribution in [0, 0.1) is 0 Å². The third-order valence-electron chi connectivity index (χ3n) is 5.36. The van der Waals surface area contributed by atoms with Crippen LogP contribution in [0.3, 0.4) is 0 Å². The van der Waals surface area contributed by atoms with Gasteiger partial charge in [0.05, 0.1) is 14.2 Å². The highest BCUT2D eigenvalue weighted by molar-refractivity contribution is 6.31. The van der Waals surface area contributed by atoms with Crippen LogP contribution in [0.25, 0.3) is 6.08 Å². The first-order valence-corrected chi connectivity index (χ1v) is 10.7. The van der Waals surface area contributed by atoms with Crippen molar-refractivity contribution in [1.82, 2.24) is 9.80 Å². The molecule has 1 saturated heterocycles. The Labute approximate surface area is 188 Å². The molecule has 0 radical (unpaired) electrons. The molecular weight excluding hydrogens is 408 g/mol. The molecule has 0 aromatic heterocycles. The zero-order chi connectivity index (χ0) is 23.1. The minimum Gasteiger partial charge on any atom is -0.497 e. The van der Waals surface area contributed by atoms with E-state index >= 15 is 0 Å². The second kappa shape index (κ2) is 10.6. The third-order valence-corrected chi connectivity index (χ3v) is 5.36. The number of urea groups is 1. The minimum absolute atomic E-state index is 0.0581. The van der Waals surface area contributed by atoms with Crippen LogP contribution in [-0.2, 0) is 16.0 Å². The standard InChI is InChI=1S/C25H28N2O5/c1-4-5-14-26-23(28)21(16-19-11-12-20(31-2)17-22(19)32-3)24(29)27(25(26)30)15-13-18-9-7-6-8-10-18/h6-12,16-17H,4-5,13-15H2,1-3H3. The van der Waals surface area contributed by atoms with Gasteiger partial charge in [-0.15, -0.1) is 0 Å². The highest BCUT2D eigenvalue weighted by atomic mass is 16.5. The molecule has 0 atom stereocenters. The summed E-state index contributed by atoms with van der Waals surface area (Å²) in [5, 5.41) is 0. The fourth-order valence-corrected chi connectivity index (χ4v) is 3.51. The highest BCUT2D eigenvalue weighted by Gasteiger charge is 2.41. The SMILES string of the molecule is CCCCN1C(=O)C(=Cc2ccc(OC)cc2OC)C(=O)N(CCc2ccccc2)C1=O. The summed E-state index contributed by atoms with van der Waals surface area (Å²) in [6.07, 6.45) is 3.48. The Morgan fingerprint density at radius 2 is 1.56 bits per heavy atom. The van der Waals surface area contributed by atoms with Crippen LogP contribution in [0.5, 0.6) is 11.5 Å². The van der Waals surface area contributed by atoms with E-state index in [4.69, 9.17) is 9.47 Å². The molecule has 1 fully saturated rings. The van der Waals surface area contributed by atoms with Crippen molar-refractivity contribution in [2.45, 2.75) is 26.2 Å². The van der Waals surface area contributed by atoms with Crippen molar-refractivity contribution in [2.24, 2.45) is 0 Å². The molecule has 0 spiro atoms. The minimum atomic E-state index is -0.596. The number of amides is 4. The Morgan fingerprint density at radius 1 is 0.875 bits per heavy atom. The predicted molar refractivity (Wildman–Crippen MR) is 121 cm³/mol. The number of nitrogens with zero attached hydrogens (tertiary/aromatic N) is 2. The van der Waals surface area contributed by atoms with Gasteiger partial charge in [-0.05, 0) is 36.6 Å². The second-order valence-electron chi connectivity index (χ2n) is 7.45. The lowest BCUT2D eigenvalue weighted by atomic mass is 10.0. The molecule has 4 amide bonds. The van der Waals surface area contributed by atoms with E-state index in [9.17, 15) is 14.4 Å². The van der Waals surface area contributed by atoms with Gasteiger partial charge in [0.25, 0.3) is 11.8 Å². The van der Waals surface area contributed by atoms with Gasteiger partial charge < -0.3 is 9.47 Å². The monoisotopic (exact) mass is 436 g/mol. The molecular formula is C25H28N2O5. The first-order chi connectivity index (χ1) is 15.5. The van der Waals surface area contributed by atoms with Crippen LogP contribution >= 0.6 is 0 Å². The van der Waals surface area contributed by atoms with Crippen LogP contribution in [0.2, 0.25) is 0 Å². The van der Waals surface area contributed by atoms with Gasteiger partial charge in [-0.1, -0.05) is 43.7 Å². The van der Waals surface area contributed by atoms with E-state index in [2.05, 4.69) is 0 Å². The van der Waals surface area contributed by atoms with E-state index in [1.165, 1.54) is 13.2 Å². The summed E-state index contributed by atoms with van der Waals surface area (Å²) < 4.78 is 10.6. The number of methoxy groups -OCH3 is 2. The molecule has 1 aliphatic heterocycles. The summed E-state index contributed by atoms with van der Waals surface area (Å²) in [4.78, 5) is 41.7. The maximum atomic E-state index is 13.2. The molecule has 2 aromatic rings. The van der Waals surface area contributed by atoms with E-state index in [-0.39, 0.29) is 18.7 Å². The van der Waals surface area contributed by atoms with E-state index in [1.807, 2.05) is 37.3 Å². The maximum Gasteiger partial charge on any atom is 0.333 e. The van der Waals surface area contributed by atoms with Crippen LogP contribution in [-0.4, -0.2) is 55.0 Å². The van der Waals surface area contributed by atoms with Crippen LogP contribution < -0.4 is 9.47 Å². The first-order valence-electron chi connectivity index (χ1n) is 10.7. The number of hydrogen-bond acceptors (Lipinski definition) is 5. The summed E-state index contributed by atoms with van der Waals surface area (Å²) in [5.74, 6) is -0.122. The third kappa shape index (κ3) is 4.99. The van der Waals surface area contributed by atoms with Crippen molar-refractivity contribution in [1.29, 1.82) is 0 Å². The summed E-state index contributed by atoms with van der Waals surface area (Å²) in [6, 6.07) is 14.2. The number of rotatable bonds is 9. The quantitative estimate of drug-likeness (QED) is 0.440. The molecule has 168 valence electrons. The van der Waals surface area contributed by atoms with Crippen molar-refractivity contribution in [3.63, 3.8) is 0 Å². The Hall–Kier alpha value is -3.61. The number of ether oxygens (including phenoxy) is 2. The van der Waals surface area contributed by atoms with Gasteiger partial charge in [-0.2, -0.15) is 0 Å². The van der Waals surface area contributed by atoms with Crippen molar-refractivity contribution in [3.8, 4) is 11.5 Å². The Morgan fingerprint density at radius 3 is 2.19 bits per heavy atom. The predicted octanol–water partition coefficient (Wildman–Crippen LogP) is 3.92. The van der Waals surface area contributed by atoms with Gasteiger partial charge >= 0.3 is 6.03 Å². The normalized spacial score (nSPS) is 15.5. The number of hydrogen-bond donors (Lipinski definition) is 0. The molecule has 1 aliphatic rings. The zero-order valence-corrected chi connectivity index (χ0v) is 18.7. The number of unbranched alkanes of at least 4 members (excludes halogenated alkanes) is 1. The number of carbonyl (C=O) groups excluding carboxylic acids is 3. The molecule has 2 aromatic carbocycles. The van der Waals surface area contributed by atoms with E-state index < -0.39 is 17.8 Å².